The molecule has 0 saturated heterocycles. The molecule has 1 aromatic heterocycles. The van der Waals surface area contributed by atoms with Gasteiger partial charge in [-0.15, -0.1) is 0 Å². The van der Waals surface area contributed by atoms with Crippen LogP contribution in [0.15, 0.2) is 39.5 Å². The molecule has 3 aromatic rings. The van der Waals surface area contributed by atoms with Crippen molar-refractivity contribution in [2.45, 2.75) is 25.7 Å². The zero-order valence-corrected chi connectivity index (χ0v) is 11.9. The first kappa shape index (κ1) is 12.5. The maximum atomic E-state index is 12.3. The third kappa shape index (κ3) is 1.77. The fraction of sp³-hybridized carbons (Fsp3) is 0.278. The van der Waals surface area contributed by atoms with Gasteiger partial charge in [-0.25, -0.2) is 4.79 Å². The van der Waals surface area contributed by atoms with Crippen molar-refractivity contribution in [1.82, 2.24) is 0 Å². The Morgan fingerprint density at radius 2 is 1.71 bits per heavy atom. The van der Waals surface area contributed by atoms with E-state index in [9.17, 15) is 4.79 Å². The first-order chi connectivity index (χ1) is 10.3. The van der Waals surface area contributed by atoms with E-state index in [1.165, 1.54) is 5.56 Å². The lowest BCUT2D eigenvalue weighted by molar-refractivity contribution is 0.420. The van der Waals surface area contributed by atoms with Gasteiger partial charge in [0.05, 0.1) is 7.11 Å². The van der Waals surface area contributed by atoms with Gasteiger partial charge in [-0.2, -0.15) is 0 Å². The molecule has 0 bridgehead atoms. The van der Waals surface area contributed by atoms with Crippen molar-refractivity contribution in [1.29, 1.82) is 0 Å². The lowest BCUT2D eigenvalue weighted by Gasteiger charge is -2.17. The van der Waals surface area contributed by atoms with E-state index < -0.39 is 0 Å². The molecule has 0 saturated carbocycles. The normalized spacial score (nSPS) is 14.3. The number of fused-ring (bicyclic) bond motifs is 5. The van der Waals surface area contributed by atoms with Crippen molar-refractivity contribution in [3.8, 4) is 5.75 Å². The van der Waals surface area contributed by atoms with E-state index in [2.05, 4.69) is 12.1 Å². The maximum absolute atomic E-state index is 12.3. The molecule has 2 aromatic carbocycles. The topological polar surface area (TPSA) is 39.4 Å². The highest BCUT2D eigenvalue weighted by Crippen LogP contribution is 2.34. The first-order valence-electron chi connectivity index (χ1n) is 7.34. The van der Waals surface area contributed by atoms with Crippen LogP contribution in [0.25, 0.3) is 21.7 Å². The SMILES string of the molecule is COc1cccc2c1ccc1c3c(c(=O)oc12)CCCC3. The summed E-state index contributed by atoms with van der Waals surface area (Å²) in [4.78, 5) is 12.3. The lowest BCUT2D eigenvalue weighted by atomic mass is 9.90. The first-order valence-corrected chi connectivity index (χ1v) is 7.34. The van der Waals surface area contributed by atoms with Gasteiger partial charge in [-0.3, -0.25) is 0 Å². The van der Waals surface area contributed by atoms with E-state index in [4.69, 9.17) is 9.15 Å². The third-order valence-corrected chi connectivity index (χ3v) is 4.43. The summed E-state index contributed by atoms with van der Waals surface area (Å²) in [6.07, 6.45) is 4.02. The average molecular weight is 280 g/mol. The number of rotatable bonds is 1. The van der Waals surface area contributed by atoms with Crippen LogP contribution in [0.4, 0.5) is 0 Å². The number of ether oxygens (including phenoxy) is 1. The highest BCUT2D eigenvalue weighted by molar-refractivity contribution is 6.07. The second-order valence-corrected chi connectivity index (χ2v) is 5.55. The van der Waals surface area contributed by atoms with Gasteiger partial charge in [0.2, 0.25) is 0 Å². The lowest BCUT2D eigenvalue weighted by Crippen LogP contribution is -2.15. The third-order valence-electron chi connectivity index (χ3n) is 4.43. The van der Waals surface area contributed by atoms with Crippen LogP contribution in [0, 0.1) is 0 Å². The minimum Gasteiger partial charge on any atom is -0.496 e. The molecule has 0 aliphatic heterocycles. The highest BCUT2D eigenvalue weighted by atomic mass is 16.5. The van der Waals surface area contributed by atoms with Crippen LogP contribution in [0.5, 0.6) is 5.75 Å². The van der Waals surface area contributed by atoms with Crippen LogP contribution < -0.4 is 10.4 Å². The van der Waals surface area contributed by atoms with Crippen LogP contribution in [-0.4, -0.2) is 7.11 Å². The molecule has 106 valence electrons. The van der Waals surface area contributed by atoms with Crippen LogP contribution in [0.1, 0.15) is 24.0 Å². The molecule has 0 spiro atoms. The molecule has 0 amide bonds. The summed E-state index contributed by atoms with van der Waals surface area (Å²) in [5.74, 6) is 0.801. The quantitative estimate of drug-likeness (QED) is 0.502. The molecule has 1 aliphatic rings. The molecule has 0 N–H and O–H groups in total. The van der Waals surface area contributed by atoms with E-state index in [1.54, 1.807) is 7.11 Å². The van der Waals surface area contributed by atoms with Gasteiger partial charge in [-0.05, 0) is 43.4 Å². The van der Waals surface area contributed by atoms with Gasteiger partial charge in [0, 0.05) is 21.7 Å². The van der Waals surface area contributed by atoms with Gasteiger partial charge in [0.1, 0.15) is 11.3 Å². The summed E-state index contributed by atoms with van der Waals surface area (Å²) in [5.41, 5.74) is 2.57. The summed E-state index contributed by atoms with van der Waals surface area (Å²) >= 11 is 0. The minimum absolute atomic E-state index is 0.174. The molecule has 1 aliphatic carbocycles. The Bertz CT molecular complexity index is 906. The molecule has 3 heteroatoms. The Kier molecular flexibility index (Phi) is 2.74. The Hall–Kier alpha value is -2.29. The maximum Gasteiger partial charge on any atom is 0.339 e. The van der Waals surface area contributed by atoms with Gasteiger partial charge < -0.3 is 9.15 Å². The average Bonchev–Trinajstić information content (AvgIpc) is 2.54. The van der Waals surface area contributed by atoms with Crippen LogP contribution in [0.3, 0.4) is 0 Å². The minimum atomic E-state index is -0.174. The fourth-order valence-electron chi connectivity index (χ4n) is 3.41. The number of methoxy groups -OCH3 is 1. The van der Waals surface area contributed by atoms with Crippen molar-refractivity contribution >= 4 is 21.7 Å². The van der Waals surface area contributed by atoms with Crippen LogP contribution in [-0.2, 0) is 12.8 Å². The zero-order chi connectivity index (χ0) is 14.4. The molecule has 0 unspecified atom stereocenters. The van der Waals surface area contributed by atoms with Gasteiger partial charge in [-0.1, -0.05) is 18.2 Å². The predicted octanol–water partition coefficient (Wildman–Crippen LogP) is 3.83. The molecular formula is C18H16O3. The Labute approximate surface area is 122 Å². The van der Waals surface area contributed by atoms with Crippen molar-refractivity contribution in [2.75, 3.05) is 7.11 Å². The number of aryl methyl sites for hydroxylation is 1. The molecule has 21 heavy (non-hydrogen) atoms. The fourth-order valence-corrected chi connectivity index (χ4v) is 3.41. The number of hydrogen-bond donors (Lipinski definition) is 0. The Morgan fingerprint density at radius 3 is 2.52 bits per heavy atom. The summed E-state index contributed by atoms with van der Waals surface area (Å²) in [6.45, 7) is 0. The van der Waals surface area contributed by atoms with E-state index in [0.717, 1.165) is 53.2 Å². The Morgan fingerprint density at radius 1 is 0.952 bits per heavy atom. The zero-order valence-electron chi connectivity index (χ0n) is 11.9. The smallest absolute Gasteiger partial charge is 0.339 e. The standard InChI is InChI=1S/C18H16O3/c1-20-16-8-4-7-13-12(16)9-10-14-11-5-2-3-6-15(11)18(19)21-17(13)14/h4,7-10H,2-3,5-6H2,1H3. The molecule has 0 atom stereocenters. The molecule has 4 rings (SSSR count). The van der Waals surface area contributed by atoms with E-state index in [1.807, 2.05) is 18.2 Å². The van der Waals surface area contributed by atoms with Crippen LogP contribution >= 0.6 is 0 Å². The summed E-state index contributed by atoms with van der Waals surface area (Å²) in [7, 11) is 1.65. The second-order valence-electron chi connectivity index (χ2n) is 5.55. The van der Waals surface area contributed by atoms with Gasteiger partial charge in [0.15, 0.2) is 0 Å². The van der Waals surface area contributed by atoms with Crippen molar-refractivity contribution in [2.24, 2.45) is 0 Å². The van der Waals surface area contributed by atoms with E-state index >= 15 is 0 Å². The van der Waals surface area contributed by atoms with E-state index in [0.29, 0.717) is 5.58 Å². The second kappa shape index (κ2) is 4.62. The number of benzene rings is 2. The largest absolute Gasteiger partial charge is 0.496 e. The predicted molar refractivity (Wildman–Crippen MR) is 83.2 cm³/mol. The molecule has 3 nitrogen and oxygen atoms in total. The van der Waals surface area contributed by atoms with Crippen LogP contribution in [0.2, 0.25) is 0 Å². The van der Waals surface area contributed by atoms with Crippen molar-refractivity contribution < 1.29 is 9.15 Å². The summed E-state index contributed by atoms with van der Waals surface area (Å²) < 4.78 is 11.1. The molecule has 0 fully saturated rings. The highest BCUT2D eigenvalue weighted by Gasteiger charge is 2.19. The van der Waals surface area contributed by atoms with Gasteiger partial charge >= 0.3 is 5.63 Å². The van der Waals surface area contributed by atoms with Crippen molar-refractivity contribution in [3.05, 3.63) is 51.9 Å². The van der Waals surface area contributed by atoms with Gasteiger partial charge in [0.25, 0.3) is 0 Å². The number of hydrogen-bond acceptors (Lipinski definition) is 3. The Balaban J connectivity index is 2.17. The summed E-state index contributed by atoms with van der Waals surface area (Å²) in [5, 5.41) is 2.99. The molecule has 1 heterocycles. The monoisotopic (exact) mass is 280 g/mol. The molecule has 0 radical (unpaired) electrons. The van der Waals surface area contributed by atoms with E-state index in [-0.39, 0.29) is 5.63 Å². The molecular weight excluding hydrogens is 264 g/mol. The van der Waals surface area contributed by atoms with Crippen molar-refractivity contribution in [3.63, 3.8) is 0 Å². The summed E-state index contributed by atoms with van der Waals surface area (Å²) in [6, 6.07) is 9.96.